The maximum Gasteiger partial charge on any atom is 0.416 e. The van der Waals surface area contributed by atoms with Gasteiger partial charge in [0.05, 0.1) is 11.1 Å². The van der Waals surface area contributed by atoms with Gasteiger partial charge in [0.15, 0.2) is 5.82 Å². The monoisotopic (exact) mass is 615 g/mol. The molecule has 1 heterocycles. The molecule has 0 N–H and O–H groups in total. The Morgan fingerprint density at radius 2 is 1.43 bits per heavy atom. The summed E-state index contributed by atoms with van der Waals surface area (Å²) in [6.45, 7) is 5.59. The van der Waals surface area contributed by atoms with Crippen LogP contribution >= 0.6 is 12.4 Å². The van der Waals surface area contributed by atoms with E-state index < -0.39 is 23.5 Å². The van der Waals surface area contributed by atoms with E-state index in [-0.39, 0.29) is 37.1 Å². The van der Waals surface area contributed by atoms with Crippen LogP contribution in [0.5, 0.6) is 0 Å². The zero-order valence-electron chi connectivity index (χ0n) is 23.7. The van der Waals surface area contributed by atoms with Crippen LogP contribution in [0.15, 0.2) is 40.9 Å². The number of halogens is 7. The van der Waals surface area contributed by atoms with Crippen molar-refractivity contribution in [2.45, 2.75) is 84.2 Å². The molecule has 1 aromatic heterocycles. The van der Waals surface area contributed by atoms with Gasteiger partial charge in [-0.25, -0.2) is 0 Å². The normalized spacial score (nSPS) is 15.5. The summed E-state index contributed by atoms with van der Waals surface area (Å²) >= 11 is 0. The molecule has 3 aromatic rings. The minimum absolute atomic E-state index is 0. The molecule has 230 valence electrons. The molecule has 0 unspecified atom stereocenters. The molecule has 2 aromatic carbocycles. The highest BCUT2D eigenvalue weighted by atomic mass is 35.5. The molecule has 4 nitrogen and oxygen atoms in total. The molecule has 1 saturated carbocycles. The fraction of sp³-hybridized carbons (Fsp3) is 0.516. The van der Waals surface area contributed by atoms with E-state index >= 15 is 0 Å². The third-order valence-electron chi connectivity index (χ3n) is 8.29. The summed E-state index contributed by atoms with van der Waals surface area (Å²) in [5.41, 5.74) is 1.85. The molecule has 2 aliphatic carbocycles. The van der Waals surface area contributed by atoms with E-state index in [1.165, 1.54) is 36.8 Å². The molecular weight excluding hydrogens is 580 g/mol. The van der Waals surface area contributed by atoms with Gasteiger partial charge in [0.25, 0.3) is 0 Å². The number of benzene rings is 2. The van der Waals surface area contributed by atoms with Crippen LogP contribution in [0, 0.1) is 12.8 Å². The van der Waals surface area contributed by atoms with Crippen LogP contribution in [-0.2, 0) is 38.3 Å². The Morgan fingerprint density at radius 1 is 0.810 bits per heavy atom. The number of rotatable bonds is 9. The van der Waals surface area contributed by atoms with Crippen LogP contribution in [0.4, 0.5) is 37.8 Å². The Morgan fingerprint density at radius 3 is 1.98 bits per heavy atom. The zero-order chi connectivity index (χ0) is 29.4. The maximum absolute atomic E-state index is 13.6. The third kappa shape index (κ3) is 7.36. The van der Waals surface area contributed by atoms with Crippen molar-refractivity contribution < 1.29 is 30.9 Å². The van der Waals surface area contributed by atoms with Crippen LogP contribution in [0.25, 0.3) is 0 Å². The molecule has 0 atom stereocenters. The molecule has 0 spiro atoms. The van der Waals surface area contributed by atoms with Crippen molar-refractivity contribution in [3.05, 3.63) is 75.5 Å². The van der Waals surface area contributed by atoms with E-state index in [2.05, 4.69) is 29.1 Å². The number of aromatic nitrogens is 1. The fourth-order valence-corrected chi connectivity index (χ4v) is 6.24. The molecule has 0 saturated heterocycles. The second-order valence-corrected chi connectivity index (χ2v) is 11.4. The lowest BCUT2D eigenvalue weighted by molar-refractivity contribution is -0.143. The van der Waals surface area contributed by atoms with Gasteiger partial charge >= 0.3 is 12.4 Å². The fourth-order valence-electron chi connectivity index (χ4n) is 6.24. The van der Waals surface area contributed by atoms with Crippen LogP contribution in [0.3, 0.4) is 0 Å². The van der Waals surface area contributed by atoms with E-state index in [4.69, 9.17) is 4.52 Å². The highest BCUT2D eigenvalue weighted by Gasteiger charge is 2.37. The first kappa shape index (κ1) is 32.0. The van der Waals surface area contributed by atoms with E-state index in [0.717, 1.165) is 55.7 Å². The molecule has 0 bridgehead atoms. The lowest BCUT2D eigenvalue weighted by Crippen LogP contribution is -2.31. The van der Waals surface area contributed by atoms with E-state index in [0.29, 0.717) is 17.5 Å². The number of alkyl halides is 6. The molecule has 2 aliphatic rings. The number of hydrogen-bond donors (Lipinski definition) is 0. The zero-order valence-corrected chi connectivity index (χ0v) is 24.6. The molecule has 1 fully saturated rings. The summed E-state index contributed by atoms with van der Waals surface area (Å²) in [4.78, 5) is 4.08. The van der Waals surface area contributed by atoms with Crippen molar-refractivity contribution in [1.29, 1.82) is 0 Å². The quantitative estimate of drug-likeness (QED) is 0.225. The largest absolute Gasteiger partial charge is 0.416 e. The summed E-state index contributed by atoms with van der Waals surface area (Å²) in [7, 11) is 0. The van der Waals surface area contributed by atoms with Gasteiger partial charge in [-0.2, -0.15) is 26.3 Å². The van der Waals surface area contributed by atoms with E-state index in [1.807, 2.05) is 0 Å². The van der Waals surface area contributed by atoms with Crippen LogP contribution < -0.4 is 9.80 Å². The van der Waals surface area contributed by atoms with E-state index in [1.54, 1.807) is 17.9 Å². The molecule has 0 radical (unpaired) electrons. The third-order valence-corrected chi connectivity index (χ3v) is 8.29. The minimum Gasteiger partial charge on any atom is -0.371 e. The molecule has 42 heavy (non-hydrogen) atoms. The predicted octanol–water partition coefficient (Wildman–Crippen LogP) is 9.15. The smallest absolute Gasteiger partial charge is 0.371 e. The highest BCUT2D eigenvalue weighted by molar-refractivity contribution is 5.85. The van der Waals surface area contributed by atoms with Gasteiger partial charge in [0.1, 0.15) is 5.76 Å². The SMILES string of the molecule is CCN(CC1CCCC1)c1cc2c(cc1CN(Cc1cc(C(F)(F)F)cc(C(F)(F)F)c1)c1cc(C)on1)CCC2.Cl. The summed E-state index contributed by atoms with van der Waals surface area (Å²) in [6, 6.07) is 7.81. The molecule has 0 aliphatic heterocycles. The Kier molecular flexibility index (Phi) is 9.75. The average Bonchev–Trinajstić information content (AvgIpc) is 3.67. The Hall–Kier alpha value is -2.88. The van der Waals surface area contributed by atoms with Gasteiger partial charge in [0.2, 0.25) is 0 Å². The van der Waals surface area contributed by atoms with Crippen molar-refractivity contribution in [3.63, 3.8) is 0 Å². The Balaban J connectivity index is 0.00000405. The molecule has 5 rings (SSSR count). The van der Waals surface area contributed by atoms with Crippen molar-refractivity contribution in [3.8, 4) is 0 Å². The molecular formula is C31H36ClF6N3O. The predicted molar refractivity (Wildman–Crippen MR) is 153 cm³/mol. The van der Waals surface area contributed by atoms with Gasteiger partial charge in [-0.1, -0.05) is 24.1 Å². The van der Waals surface area contributed by atoms with Gasteiger partial charge in [-0.15, -0.1) is 12.4 Å². The summed E-state index contributed by atoms with van der Waals surface area (Å²) in [5.74, 6) is 1.46. The van der Waals surface area contributed by atoms with Crippen molar-refractivity contribution in [2.75, 3.05) is 22.9 Å². The summed E-state index contributed by atoms with van der Waals surface area (Å²) in [6.07, 6.45) is -1.98. The minimum atomic E-state index is -4.92. The first-order valence-electron chi connectivity index (χ1n) is 14.3. The first-order valence-corrected chi connectivity index (χ1v) is 14.3. The first-order chi connectivity index (χ1) is 19.4. The van der Waals surface area contributed by atoms with Gasteiger partial charge in [-0.3, -0.25) is 0 Å². The van der Waals surface area contributed by atoms with Gasteiger partial charge in [-0.05, 0) is 98.4 Å². The van der Waals surface area contributed by atoms with Crippen LogP contribution in [0.1, 0.15) is 78.2 Å². The van der Waals surface area contributed by atoms with Crippen molar-refractivity contribution in [2.24, 2.45) is 5.92 Å². The maximum atomic E-state index is 13.6. The number of anilines is 2. The standard InChI is InChI=1S/C31H35F6N3O.ClH/c1-3-39(17-21-7-4-5-8-21)28-15-24-10-6-9-23(24)14-25(28)19-40(29-11-20(2)41-38-29)18-22-12-26(30(32,33)34)16-27(13-22)31(35,36)37;/h11-16,21H,3-10,17-19H2,1-2H3;1H. The second-order valence-electron chi connectivity index (χ2n) is 11.4. The Labute approximate surface area is 248 Å². The van der Waals surface area contributed by atoms with E-state index in [9.17, 15) is 26.3 Å². The highest BCUT2D eigenvalue weighted by Crippen LogP contribution is 2.38. The van der Waals surface area contributed by atoms with Crippen molar-refractivity contribution >= 4 is 23.9 Å². The van der Waals surface area contributed by atoms with Gasteiger partial charge in [0, 0.05) is 37.9 Å². The number of fused-ring (bicyclic) bond motifs is 1. The summed E-state index contributed by atoms with van der Waals surface area (Å²) < 4.78 is 86.9. The Bertz CT molecular complexity index is 1330. The van der Waals surface area contributed by atoms with Crippen LogP contribution in [0.2, 0.25) is 0 Å². The molecule has 0 amide bonds. The second kappa shape index (κ2) is 12.8. The molecule has 11 heteroatoms. The number of nitrogens with zero attached hydrogens (tertiary/aromatic N) is 3. The number of aryl methyl sites for hydroxylation is 3. The van der Waals surface area contributed by atoms with Crippen LogP contribution in [-0.4, -0.2) is 18.2 Å². The van der Waals surface area contributed by atoms with Crippen molar-refractivity contribution in [1.82, 2.24) is 5.16 Å². The lowest BCUT2D eigenvalue weighted by atomic mass is 10.00. The number of hydrogen-bond acceptors (Lipinski definition) is 4. The average molecular weight is 616 g/mol. The van der Waals surface area contributed by atoms with Gasteiger partial charge < -0.3 is 14.3 Å². The lowest BCUT2D eigenvalue weighted by Gasteiger charge is -2.31. The summed E-state index contributed by atoms with van der Waals surface area (Å²) in [5, 5.41) is 4.09. The topological polar surface area (TPSA) is 32.5 Å².